The summed E-state index contributed by atoms with van der Waals surface area (Å²) in [5.41, 5.74) is -1.75. The molecule has 2 aromatic carbocycles. The number of nitrogens with zero attached hydrogens (tertiary/aromatic N) is 1. The van der Waals surface area contributed by atoms with Crippen molar-refractivity contribution in [3.63, 3.8) is 0 Å². The van der Waals surface area contributed by atoms with E-state index in [0.717, 1.165) is 31.5 Å². The predicted octanol–water partition coefficient (Wildman–Crippen LogP) is 2.51. The molecule has 1 saturated heterocycles. The Kier molecular flexibility index (Phi) is 12.1. The van der Waals surface area contributed by atoms with Crippen LogP contribution in [0, 0.1) is 5.92 Å². The molecule has 0 unspecified atom stereocenters. The number of carbonyl (C=O) groups is 2. The van der Waals surface area contributed by atoms with Crippen LogP contribution in [0.25, 0.3) is 0 Å². The van der Waals surface area contributed by atoms with E-state index in [9.17, 15) is 23.1 Å². The zero-order valence-electron chi connectivity index (χ0n) is 26.1. The van der Waals surface area contributed by atoms with Crippen LogP contribution in [0.3, 0.4) is 0 Å². The number of benzene rings is 2. The summed E-state index contributed by atoms with van der Waals surface area (Å²) < 4.78 is 31.4. The van der Waals surface area contributed by atoms with Crippen LogP contribution in [0.15, 0.2) is 59.5 Å². The van der Waals surface area contributed by atoms with Crippen LogP contribution in [0.5, 0.6) is 5.75 Å². The number of methoxy groups -OCH3 is 1. The van der Waals surface area contributed by atoms with E-state index in [1.165, 1.54) is 26.2 Å². The van der Waals surface area contributed by atoms with Gasteiger partial charge in [-0.2, -0.15) is 0 Å². The molecule has 3 atom stereocenters. The first-order valence-electron chi connectivity index (χ1n) is 15.0. The predicted molar refractivity (Wildman–Crippen MR) is 167 cm³/mol. The molecule has 3 rings (SSSR count). The van der Waals surface area contributed by atoms with Gasteiger partial charge in [-0.25, -0.2) is 8.42 Å². The summed E-state index contributed by atoms with van der Waals surface area (Å²) in [6, 6.07) is 14.9. The van der Waals surface area contributed by atoms with E-state index in [4.69, 9.17) is 4.74 Å². The summed E-state index contributed by atoms with van der Waals surface area (Å²) in [6.45, 7) is 9.03. The Labute approximate surface area is 256 Å². The van der Waals surface area contributed by atoms with Gasteiger partial charge in [0.25, 0.3) is 0 Å². The lowest BCUT2D eigenvalue weighted by Gasteiger charge is -2.39. The Hall–Kier alpha value is -2.99. The number of likely N-dealkylation sites (tertiary alicyclic amines) is 1. The molecule has 0 spiro atoms. The highest BCUT2D eigenvalue weighted by Gasteiger charge is 2.38. The van der Waals surface area contributed by atoms with Gasteiger partial charge in [-0.15, -0.1) is 0 Å². The number of hydrogen-bond acceptors (Lipinski definition) is 8. The van der Waals surface area contributed by atoms with E-state index in [2.05, 4.69) is 20.9 Å². The van der Waals surface area contributed by atoms with Crippen LogP contribution >= 0.6 is 0 Å². The van der Waals surface area contributed by atoms with Crippen molar-refractivity contribution in [1.29, 1.82) is 0 Å². The van der Waals surface area contributed by atoms with Crippen molar-refractivity contribution in [3.05, 3.63) is 60.2 Å². The van der Waals surface area contributed by atoms with Gasteiger partial charge >= 0.3 is 0 Å². The molecule has 238 valence electrons. The monoisotopic (exact) mass is 616 g/mol. The highest BCUT2D eigenvalue weighted by atomic mass is 32.2. The molecule has 0 radical (unpaired) electrons. The molecule has 1 fully saturated rings. The van der Waals surface area contributed by atoms with Crippen LogP contribution in [0.1, 0.15) is 52.5 Å². The smallest absolute Gasteiger partial charge is 0.244 e. The average Bonchev–Trinajstić information content (AvgIpc) is 3.47. The Bertz CT molecular complexity index is 1290. The van der Waals surface area contributed by atoms with Crippen molar-refractivity contribution in [2.45, 2.75) is 75.6 Å². The van der Waals surface area contributed by atoms with Gasteiger partial charge in [0.15, 0.2) is 9.84 Å². The van der Waals surface area contributed by atoms with Gasteiger partial charge in [0.2, 0.25) is 11.8 Å². The van der Waals surface area contributed by atoms with Gasteiger partial charge in [0, 0.05) is 13.0 Å². The molecule has 10 nitrogen and oxygen atoms in total. The minimum Gasteiger partial charge on any atom is -0.497 e. The Balaban J connectivity index is 1.78. The molecule has 0 bridgehead atoms. The standard InChI is InChI=1S/C32H48N4O6S/c1-6-32(20-25-12-8-7-9-13-25,35-30(38)29(24(2)3)34-28(37)21-36-18-10-11-19-36)33-22-31(4,39)23-43(40,41)27-16-14-26(42-5)15-17-27/h7-9,12-17,24,29,33,39H,6,10-11,18-23H2,1-5H3,(H,34,37)(H,35,38)/t29-,31+,32-/m0/s1. The highest BCUT2D eigenvalue weighted by Crippen LogP contribution is 2.22. The number of aliphatic hydroxyl groups is 1. The van der Waals surface area contributed by atoms with Crippen LogP contribution in [0.2, 0.25) is 0 Å². The molecule has 1 aliphatic rings. The number of sulfone groups is 1. The first kappa shape index (κ1) is 34.5. The Morgan fingerprint density at radius 1 is 1.05 bits per heavy atom. The number of nitrogens with one attached hydrogen (secondary N) is 3. The quantitative estimate of drug-likeness (QED) is 0.211. The van der Waals surface area contributed by atoms with Gasteiger partial charge in [-0.3, -0.25) is 19.8 Å². The summed E-state index contributed by atoms with van der Waals surface area (Å²) in [7, 11) is -2.33. The lowest BCUT2D eigenvalue weighted by atomic mass is 9.94. The summed E-state index contributed by atoms with van der Waals surface area (Å²) in [5.74, 6) is -0.712. The largest absolute Gasteiger partial charge is 0.497 e. The summed E-state index contributed by atoms with van der Waals surface area (Å²) >= 11 is 0. The molecular formula is C32H48N4O6S. The van der Waals surface area contributed by atoms with Gasteiger partial charge < -0.3 is 20.5 Å². The van der Waals surface area contributed by atoms with E-state index in [0.29, 0.717) is 18.6 Å². The molecule has 1 aliphatic heterocycles. The van der Waals surface area contributed by atoms with Gasteiger partial charge in [-0.1, -0.05) is 51.1 Å². The SMILES string of the molecule is CC[C@](Cc1ccccc1)(NC[C@@](C)(O)CS(=O)(=O)c1ccc(OC)cc1)NC(=O)[C@@H](NC(=O)CN1CCCC1)C(C)C. The lowest BCUT2D eigenvalue weighted by molar-refractivity contribution is -0.132. The van der Waals surface area contributed by atoms with Crippen LogP contribution in [0.4, 0.5) is 0 Å². The molecule has 4 N–H and O–H groups in total. The molecular weight excluding hydrogens is 568 g/mol. The number of rotatable bonds is 16. The third-order valence-electron chi connectivity index (χ3n) is 7.87. The maximum absolute atomic E-state index is 13.8. The highest BCUT2D eigenvalue weighted by molar-refractivity contribution is 7.91. The maximum atomic E-state index is 13.8. The molecule has 11 heteroatoms. The van der Waals surface area contributed by atoms with E-state index in [-0.39, 0.29) is 35.7 Å². The second-order valence-electron chi connectivity index (χ2n) is 12.1. The molecule has 0 saturated carbocycles. The topological polar surface area (TPSA) is 137 Å². The zero-order valence-corrected chi connectivity index (χ0v) is 26.9. The van der Waals surface area contributed by atoms with E-state index >= 15 is 0 Å². The Morgan fingerprint density at radius 3 is 2.23 bits per heavy atom. The fraction of sp³-hybridized carbons (Fsp3) is 0.562. The zero-order chi connectivity index (χ0) is 31.7. The third-order valence-corrected chi connectivity index (χ3v) is 9.87. The van der Waals surface area contributed by atoms with Crippen molar-refractivity contribution < 1.29 is 27.9 Å². The first-order chi connectivity index (χ1) is 20.3. The molecule has 2 aromatic rings. The van der Waals surface area contributed by atoms with Crippen molar-refractivity contribution in [2.75, 3.05) is 39.0 Å². The van der Waals surface area contributed by atoms with Gasteiger partial charge in [0.05, 0.1) is 35.6 Å². The van der Waals surface area contributed by atoms with Crippen LogP contribution in [-0.4, -0.2) is 86.6 Å². The summed E-state index contributed by atoms with van der Waals surface area (Å²) in [6.07, 6.45) is 2.94. The van der Waals surface area contributed by atoms with Gasteiger partial charge in [-0.05, 0) is 75.0 Å². The van der Waals surface area contributed by atoms with Crippen LogP contribution in [-0.2, 0) is 25.8 Å². The Morgan fingerprint density at radius 2 is 1.67 bits per heavy atom. The first-order valence-corrected chi connectivity index (χ1v) is 16.7. The number of ether oxygens (including phenoxy) is 1. The summed E-state index contributed by atoms with van der Waals surface area (Å²) in [4.78, 5) is 28.8. The van der Waals surface area contributed by atoms with E-state index in [1.807, 2.05) is 51.1 Å². The van der Waals surface area contributed by atoms with Crippen molar-refractivity contribution in [3.8, 4) is 5.75 Å². The van der Waals surface area contributed by atoms with E-state index < -0.39 is 32.9 Å². The van der Waals surface area contributed by atoms with Crippen molar-refractivity contribution in [2.24, 2.45) is 5.92 Å². The molecule has 0 aliphatic carbocycles. The van der Waals surface area contributed by atoms with Crippen molar-refractivity contribution in [1.82, 2.24) is 20.9 Å². The van der Waals surface area contributed by atoms with E-state index in [1.54, 1.807) is 12.1 Å². The number of carbonyl (C=O) groups excluding carboxylic acids is 2. The minimum absolute atomic E-state index is 0.0809. The number of hydrogen-bond donors (Lipinski definition) is 4. The van der Waals surface area contributed by atoms with Crippen molar-refractivity contribution >= 4 is 21.7 Å². The second-order valence-corrected chi connectivity index (χ2v) is 14.1. The third kappa shape index (κ3) is 10.3. The maximum Gasteiger partial charge on any atom is 0.244 e. The number of amides is 2. The minimum atomic E-state index is -3.83. The molecule has 1 heterocycles. The molecule has 2 amide bonds. The lowest BCUT2D eigenvalue weighted by Crippen LogP contribution is -2.66. The summed E-state index contributed by atoms with van der Waals surface area (Å²) in [5, 5.41) is 20.7. The van der Waals surface area contributed by atoms with Gasteiger partial charge in [0.1, 0.15) is 11.8 Å². The normalized spacial score (nSPS) is 17.6. The fourth-order valence-electron chi connectivity index (χ4n) is 5.33. The fourth-order valence-corrected chi connectivity index (χ4v) is 6.97. The van der Waals surface area contributed by atoms with Crippen LogP contribution < -0.4 is 20.7 Å². The average molecular weight is 617 g/mol. The molecule has 0 aromatic heterocycles. The second kappa shape index (κ2) is 15.1. The molecule has 43 heavy (non-hydrogen) atoms.